The molecule has 128 valence electrons. The number of carbonyl (C=O) groups excluding carboxylic acids is 1. The smallest absolute Gasteiger partial charge is 0.254 e. The lowest BCUT2D eigenvalue weighted by molar-refractivity contribution is 0.0597. The Hall–Kier alpha value is -2.76. The van der Waals surface area contributed by atoms with E-state index in [0.717, 1.165) is 36.3 Å². The molecule has 0 radical (unpaired) electrons. The summed E-state index contributed by atoms with van der Waals surface area (Å²) >= 11 is 0. The Morgan fingerprint density at radius 2 is 2.16 bits per heavy atom. The van der Waals surface area contributed by atoms with E-state index in [9.17, 15) is 9.18 Å². The molecule has 6 heteroatoms. The summed E-state index contributed by atoms with van der Waals surface area (Å²) in [7, 11) is 0. The van der Waals surface area contributed by atoms with Crippen LogP contribution in [0.15, 0.2) is 42.9 Å². The van der Waals surface area contributed by atoms with Gasteiger partial charge in [-0.15, -0.1) is 0 Å². The zero-order chi connectivity index (χ0) is 17.4. The van der Waals surface area contributed by atoms with Crippen molar-refractivity contribution in [3.05, 3.63) is 65.8 Å². The number of hydrogen-bond donors (Lipinski definition) is 0. The lowest BCUT2D eigenvalue weighted by Gasteiger charge is -2.35. The molecule has 1 amide bonds. The van der Waals surface area contributed by atoms with Gasteiger partial charge >= 0.3 is 0 Å². The van der Waals surface area contributed by atoms with Gasteiger partial charge in [-0.1, -0.05) is 6.07 Å². The van der Waals surface area contributed by atoms with Crippen molar-refractivity contribution in [1.82, 2.24) is 19.3 Å². The van der Waals surface area contributed by atoms with E-state index in [0.29, 0.717) is 12.1 Å². The first-order valence-corrected chi connectivity index (χ1v) is 8.49. The summed E-state index contributed by atoms with van der Waals surface area (Å²) in [6, 6.07) is 7.71. The first-order valence-electron chi connectivity index (χ1n) is 8.49. The average Bonchev–Trinajstić information content (AvgIpc) is 3.08. The number of amides is 1. The number of benzene rings is 1. The Bertz CT molecular complexity index is 936. The molecule has 0 aliphatic carbocycles. The van der Waals surface area contributed by atoms with Crippen LogP contribution in [-0.4, -0.2) is 31.7 Å². The van der Waals surface area contributed by atoms with Crippen LogP contribution in [0.1, 0.15) is 47.2 Å². The minimum Gasteiger partial charge on any atom is -0.328 e. The molecule has 0 bridgehead atoms. The van der Waals surface area contributed by atoms with Crippen LogP contribution in [0.25, 0.3) is 5.52 Å². The van der Waals surface area contributed by atoms with Crippen LogP contribution < -0.4 is 0 Å². The van der Waals surface area contributed by atoms with Crippen LogP contribution >= 0.6 is 0 Å². The number of aryl methyl sites for hydroxylation is 1. The second-order valence-corrected chi connectivity index (χ2v) is 6.46. The highest BCUT2D eigenvalue weighted by Crippen LogP contribution is 2.31. The van der Waals surface area contributed by atoms with E-state index in [1.165, 1.54) is 12.1 Å². The summed E-state index contributed by atoms with van der Waals surface area (Å²) in [6.07, 6.45) is 6.33. The van der Waals surface area contributed by atoms with Gasteiger partial charge < -0.3 is 4.90 Å². The fourth-order valence-corrected chi connectivity index (χ4v) is 3.55. The van der Waals surface area contributed by atoms with Crippen molar-refractivity contribution in [2.75, 3.05) is 6.54 Å². The van der Waals surface area contributed by atoms with E-state index >= 15 is 0 Å². The van der Waals surface area contributed by atoms with Gasteiger partial charge in [-0.2, -0.15) is 0 Å². The van der Waals surface area contributed by atoms with Gasteiger partial charge in [-0.3, -0.25) is 9.20 Å². The number of fused-ring (bicyclic) bond motifs is 1. The van der Waals surface area contributed by atoms with Gasteiger partial charge in [-0.25, -0.2) is 14.4 Å². The molecule has 0 unspecified atom stereocenters. The van der Waals surface area contributed by atoms with E-state index < -0.39 is 5.82 Å². The zero-order valence-electron chi connectivity index (χ0n) is 14.0. The lowest BCUT2D eigenvalue weighted by atomic mass is 9.99. The van der Waals surface area contributed by atoms with Gasteiger partial charge in [0, 0.05) is 17.8 Å². The second-order valence-electron chi connectivity index (χ2n) is 6.46. The van der Waals surface area contributed by atoms with Crippen LogP contribution in [0, 0.1) is 12.7 Å². The van der Waals surface area contributed by atoms with Gasteiger partial charge in [0.15, 0.2) is 0 Å². The quantitative estimate of drug-likeness (QED) is 0.718. The molecule has 1 aliphatic rings. The van der Waals surface area contributed by atoms with E-state index in [-0.39, 0.29) is 11.9 Å². The highest BCUT2D eigenvalue weighted by molar-refractivity contribution is 5.94. The van der Waals surface area contributed by atoms with Crippen LogP contribution in [0.4, 0.5) is 4.39 Å². The van der Waals surface area contributed by atoms with E-state index in [1.54, 1.807) is 24.7 Å². The Labute approximate surface area is 145 Å². The number of aromatic nitrogens is 3. The predicted molar refractivity (Wildman–Crippen MR) is 91.8 cm³/mol. The topological polar surface area (TPSA) is 50.5 Å². The molecule has 0 N–H and O–H groups in total. The number of halogens is 1. The Balaban J connectivity index is 1.76. The van der Waals surface area contributed by atoms with Crippen molar-refractivity contribution in [2.45, 2.75) is 32.2 Å². The fraction of sp³-hybridized carbons (Fsp3) is 0.316. The van der Waals surface area contributed by atoms with Gasteiger partial charge in [0.25, 0.3) is 5.91 Å². The van der Waals surface area contributed by atoms with Gasteiger partial charge in [0.05, 0.1) is 17.8 Å². The molecule has 0 spiro atoms. The number of hydrogen-bond acceptors (Lipinski definition) is 3. The summed E-state index contributed by atoms with van der Waals surface area (Å²) in [4.78, 5) is 23.7. The third-order valence-corrected chi connectivity index (χ3v) is 4.69. The molecule has 25 heavy (non-hydrogen) atoms. The molecular formula is C19H19FN4O. The van der Waals surface area contributed by atoms with E-state index in [2.05, 4.69) is 4.98 Å². The summed E-state index contributed by atoms with van der Waals surface area (Å²) in [5.74, 6) is 0.266. The second kappa shape index (κ2) is 6.27. The minimum atomic E-state index is -0.398. The first-order chi connectivity index (χ1) is 12.1. The molecule has 1 fully saturated rings. The largest absolute Gasteiger partial charge is 0.328 e. The highest BCUT2D eigenvalue weighted by atomic mass is 19.1. The van der Waals surface area contributed by atoms with E-state index in [1.807, 2.05) is 22.3 Å². The monoisotopic (exact) mass is 338 g/mol. The molecule has 3 aromatic rings. The number of rotatable bonds is 2. The van der Waals surface area contributed by atoms with Crippen molar-refractivity contribution in [1.29, 1.82) is 0 Å². The summed E-state index contributed by atoms with van der Waals surface area (Å²) in [5.41, 5.74) is 2.24. The van der Waals surface area contributed by atoms with Crippen molar-refractivity contribution < 1.29 is 9.18 Å². The maximum Gasteiger partial charge on any atom is 0.254 e. The third kappa shape index (κ3) is 2.88. The molecule has 1 aromatic carbocycles. The molecule has 3 heterocycles. The summed E-state index contributed by atoms with van der Waals surface area (Å²) in [6.45, 7) is 2.59. The number of carbonyl (C=O) groups is 1. The minimum absolute atomic E-state index is 0.138. The Kier molecular flexibility index (Phi) is 3.95. The summed E-state index contributed by atoms with van der Waals surface area (Å²) in [5, 5.41) is 0. The normalized spacial score (nSPS) is 17.8. The predicted octanol–water partition coefficient (Wildman–Crippen LogP) is 3.54. The van der Waals surface area contributed by atoms with Crippen LogP contribution in [0.5, 0.6) is 0 Å². The molecule has 5 nitrogen and oxygen atoms in total. The maximum absolute atomic E-state index is 13.5. The van der Waals surface area contributed by atoms with Crippen LogP contribution in [-0.2, 0) is 0 Å². The average molecular weight is 338 g/mol. The number of piperidine rings is 1. The van der Waals surface area contributed by atoms with Gasteiger partial charge in [-0.05, 0) is 50.5 Å². The van der Waals surface area contributed by atoms with Crippen LogP contribution in [0.2, 0.25) is 0 Å². The molecular weight excluding hydrogens is 319 g/mol. The Morgan fingerprint density at radius 1 is 1.28 bits per heavy atom. The standard InChI is InChI=1S/C19H19FN4O/c1-13-9-16-11-21-12-24(16)18(22-13)17-7-2-3-8-23(17)19(25)14-5-4-6-15(20)10-14/h4-6,9-12,17H,2-3,7-8H2,1H3/t17-/m0/s1. The molecule has 1 aliphatic heterocycles. The van der Waals surface area contributed by atoms with Gasteiger partial charge in [0.2, 0.25) is 0 Å². The lowest BCUT2D eigenvalue weighted by Crippen LogP contribution is -2.39. The number of nitrogens with zero attached hydrogens (tertiary/aromatic N) is 4. The maximum atomic E-state index is 13.5. The SMILES string of the molecule is Cc1cc2cncn2c([C@@H]2CCCCN2C(=O)c2cccc(F)c2)n1. The Morgan fingerprint density at radius 3 is 3.00 bits per heavy atom. The molecule has 1 atom stereocenters. The molecule has 4 rings (SSSR count). The third-order valence-electron chi connectivity index (χ3n) is 4.69. The first kappa shape index (κ1) is 15.7. The van der Waals surface area contributed by atoms with Crippen molar-refractivity contribution >= 4 is 11.4 Å². The molecule has 1 saturated heterocycles. The van der Waals surface area contributed by atoms with Gasteiger partial charge in [0.1, 0.15) is 18.0 Å². The number of imidazole rings is 1. The number of likely N-dealkylation sites (tertiary alicyclic amines) is 1. The fourth-order valence-electron chi connectivity index (χ4n) is 3.55. The van der Waals surface area contributed by atoms with Crippen molar-refractivity contribution in [3.8, 4) is 0 Å². The summed E-state index contributed by atoms with van der Waals surface area (Å²) < 4.78 is 15.5. The highest BCUT2D eigenvalue weighted by Gasteiger charge is 2.31. The van der Waals surface area contributed by atoms with Crippen molar-refractivity contribution in [2.24, 2.45) is 0 Å². The molecule has 0 saturated carbocycles. The van der Waals surface area contributed by atoms with Crippen LogP contribution in [0.3, 0.4) is 0 Å². The zero-order valence-corrected chi connectivity index (χ0v) is 14.0. The van der Waals surface area contributed by atoms with E-state index in [4.69, 9.17) is 4.98 Å². The van der Waals surface area contributed by atoms with Crippen molar-refractivity contribution in [3.63, 3.8) is 0 Å². The molecule has 2 aromatic heterocycles.